The smallest absolute Gasteiger partial charge is 0.266 e. The number of aliphatic hydroxyl groups is 1. The van der Waals surface area contributed by atoms with Gasteiger partial charge < -0.3 is 24.1 Å². The summed E-state index contributed by atoms with van der Waals surface area (Å²) >= 11 is 0. The molecule has 9 heteroatoms. The summed E-state index contributed by atoms with van der Waals surface area (Å²) in [6.45, 7) is 1.72. The molecule has 3 aliphatic rings. The Morgan fingerprint density at radius 3 is 2.74 bits per heavy atom. The van der Waals surface area contributed by atoms with Crippen LogP contribution in [0.25, 0.3) is 5.70 Å². The van der Waals surface area contributed by atoms with Crippen molar-refractivity contribution in [3.63, 3.8) is 0 Å². The Morgan fingerprint density at radius 2 is 2.06 bits per heavy atom. The van der Waals surface area contributed by atoms with Gasteiger partial charge in [0.15, 0.2) is 5.84 Å². The van der Waals surface area contributed by atoms with Gasteiger partial charge in [-0.1, -0.05) is 23.4 Å². The van der Waals surface area contributed by atoms with Gasteiger partial charge in [0, 0.05) is 19.2 Å². The molecule has 1 aromatic carbocycles. The number of imidazole rings is 1. The molecule has 1 N–H and O–H groups in total. The molecule has 2 aromatic rings. The normalized spacial score (nSPS) is 23.1. The molecule has 0 radical (unpaired) electrons. The molecule has 35 heavy (non-hydrogen) atoms. The van der Waals surface area contributed by atoms with E-state index >= 15 is 0 Å². The zero-order chi connectivity index (χ0) is 24.6. The number of aromatic nitrogens is 2. The highest BCUT2D eigenvalue weighted by Crippen LogP contribution is 2.42. The van der Waals surface area contributed by atoms with Crippen LogP contribution in [0.1, 0.15) is 30.5 Å². The number of methoxy groups -OCH3 is 1. The Bertz CT molecular complexity index is 1290. The molecule has 1 atom stereocenters. The van der Waals surface area contributed by atoms with Crippen molar-refractivity contribution >= 4 is 11.5 Å². The van der Waals surface area contributed by atoms with E-state index in [1.807, 2.05) is 42.0 Å². The van der Waals surface area contributed by atoms with Gasteiger partial charge in [0.2, 0.25) is 0 Å². The Morgan fingerprint density at radius 1 is 1.26 bits per heavy atom. The third-order valence-corrected chi connectivity index (χ3v) is 6.48. The van der Waals surface area contributed by atoms with Crippen LogP contribution in [0.15, 0.2) is 77.1 Å². The molecule has 1 unspecified atom stereocenters. The SMILES string of the molecule is COC1=C(n2cnc(C)c2)C=CC(/C=C2\CCCN3C2=NOC3(CO)c2c(F)cccc2F)=CC1. The van der Waals surface area contributed by atoms with Crippen LogP contribution >= 0.6 is 0 Å². The first-order valence-corrected chi connectivity index (χ1v) is 11.4. The fraction of sp³-hybridized carbons (Fsp3) is 0.308. The van der Waals surface area contributed by atoms with Gasteiger partial charge in [-0.25, -0.2) is 13.8 Å². The van der Waals surface area contributed by atoms with Crippen LogP contribution in [0.3, 0.4) is 0 Å². The van der Waals surface area contributed by atoms with Crippen LogP contribution < -0.4 is 0 Å². The van der Waals surface area contributed by atoms with Gasteiger partial charge in [-0.3, -0.25) is 0 Å². The van der Waals surface area contributed by atoms with Crippen LogP contribution in [-0.2, 0) is 15.3 Å². The number of nitrogens with zero attached hydrogens (tertiary/aromatic N) is 4. The molecule has 1 aromatic heterocycles. The van der Waals surface area contributed by atoms with Gasteiger partial charge in [-0.2, -0.15) is 0 Å². The molecule has 3 heterocycles. The van der Waals surface area contributed by atoms with Gasteiger partial charge in [0.25, 0.3) is 5.72 Å². The molecule has 2 aliphatic heterocycles. The summed E-state index contributed by atoms with van der Waals surface area (Å²) in [6, 6.07) is 3.58. The number of hydrogen-bond donors (Lipinski definition) is 1. The number of aryl methyl sites for hydroxylation is 1. The molecule has 0 saturated carbocycles. The standard InChI is InChI=1S/C26H26F2N4O3/c1-17-14-31(16-29-17)22-10-8-18(9-11-23(22)34-2)13-19-5-4-12-32-25(19)30-35-26(32,15-33)24-20(27)6-3-7-21(24)28/h3,6-10,13-14,16,33H,4-5,11-12,15H2,1-2H3/b19-13+. The van der Waals surface area contributed by atoms with E-state index in [4.69, 9.17) is 9.57 Å². The van der Waals surface area contributed by atoms with Crippen molar-refractivity contribution in [1.82, 2.24) is 14.5 Å². The first kappa shape index (κ1) is 23.0. The van der Waals surface area contributed by atoms with Gasteiger partial charge >= 0.3 is 0 Å². The van der Waals surface area contributed by atoms with Crippen LogP contribution in [0, 0.1) is 18.6 Å². The second-order valence-electron chi connectivity index (χ2n) is 8.65. The lowest BCUT2D eigenvalue weighted by Gasteiger charge is -2.39. The zero-order valence-corrected chi connectivity index (χ0v) is 19.5. The molecule has 1 saturated heterocycles. The van der Waals surface area contributed by atoms with E-state index in [2.05, 4.69) is 10.1 Å². The molecule has 182 valence electrons. The van der Waals surface area contributed by atoms with Crippen molar-refractivity contribution in [3.8, 4) is 0 Å². The predicted molar refractivity (Wildman–Crippen MR) is 127 cm³/mol. The Balaban J connectivity index is 1.46. The van der Waals surface area contributed by atoms with Crippen LogP contribution in [0.2, 0.25) is 0 Å². The summed E-state index contributed by atoms with van der Waals surface area (Å²) in [4.78, 5) is 11.6. The maximum atomic E-state index is 14.7. The van der Waals surface area contributed by atoms with Crippen molar-refractivity contribution in [2.45, 2.75) is 31.9 Å². The number of aliphatic hydroxyl groups excluding tert-OH is 1. The van der Waals surface area contributed by atoms with Crippen LogP contribution in [0.4, 0.5) is 8.78 Å². The molecule has 1 aliphatic carbocycles. The lowest BCUT2D eigenvalue weighted by molar-refractivity contribution is -0.141. The van der Waals surface area contributed by atoms with Gasteiger partial charge in [0.05, 0.1) is 30.4 Å². The third kappa shape index (κ3) is 3.95. The summed E-state index contributed by atoms with van der Waals surface area (Å²) in [5.41, 5.74) is 1.50. The fourth-order valence-corrected chi connectivity index (χ4v) is 4.76. The topological polar surface area (TPSA) is 72.1 Å². The van der Waals surface area contributed by atoms with E-state index in [0.29, 0.717) is 31.6 Å². The number of halogens is 2. The van der Waals surface area contributed by atoms with Crippen LogP contribution in [-0.4, -0.2) is 45.7 Å². The largest absolute Gasteiger partial charge is 0.499 e. The minimum absolute atomic E-state index is 0.342. The van der Waals surface area contributed by atoms with Gasteiger partial charge in [0.1, 0.15) is 24.0 Å². The second-order valence-corrected chi connectivity index (χ2v) is 8.65. The average Bonchev–Trinajstić information content (AvgIpc) is 3.39. The number of piperidine rings is 1. The van der Waals surface area contributed by atoms with E-state index in [0.717, 1.165) is 40.4 Å². The number of hydrogen-bond acceptors (Lipinski definition) is 6. The Labute approximate surface area is 202 Å². The Kier molecular flexibility index (Phi) is 6.02. The van der Waals surface area contributed by atoms with E-state index in [1.165, 1.54) is 6.07 Å². The van der Waals surface area contributed by atoms with E-state index < -0.39 is 24.0 Å². The molecule has 7 nitrogen and oxygen atoms in total. The molecular weight excluding hydrogens is 454 g/mol. The molecule has 0 amide bonds. The summed E-state index contributed by atoms with van der Waals surface area (Å²) in [6.07, 6.45) is 13.7. The highest BCUT2D eigenvalue weighted by Gasteiger charge is 2.52. The first-order valence-electron chi connectivity index (χ1n) is 11.4. The number of ether oxygens (including phenoxy) is 1. The number of amidine groups is 1. The van der Waals surface area contributed by atoms with Crippen LogP contribution in [0.5, 0.6) is 0 Å². The second kappa shape index (κ2) is 9.14. The zero-order valence-electron chi connectivity index (χ0n) is 19.5. The van der Waals surface area contributed by atoms with Gasteiger partial charge in [-0.05, 0) is 55.2 Å². The van der Waals surface area contributed by atoms with E-state index in [-0.39, 0.29) is 5.56 Å². The number of oxime groups is 1. The summed E-state index contributed by atoms with van der Waals surface area (Å²) in [7, 11) is 1.64. The summed E-state index contributed by atoms with van der Waals surface area (Å²) in [5.74, 6) is -0.312. The molecule has 1 fully saturated rings. The predicted octanol–water partition coefficient (Wildman–Crippen LogP) is 4.38. The molecule has 0 bridgehead atoms. The van der Waals surface area contributed by atoms with E-state index in [1.54, 1.807) is 18.3 Å². The molecule has 0 spiro atoms. The highest BCUT2D eigenvalue weighted by atomic mass is 19.1. The minimum atomic E-state index is -1.74. The average molecular weight is 481 g/mol. The van der Waals surface area contributed by atoms with Crippen molar-refractivity contribution < 1.29 is 23.5 Å². The summed E-state index contributed by atoms with van der Waals surface area (Å²) in [5, 5.41) is 14.4. The summed E-state index contributed by atoms with van der Waals surface area (Å²) < 4.78 is 36.9. The van der Waals surface area contributed by atoms with Crippen molar-refractivity contribution in [2.75, 3.05) is 20.3 Å². The maximum absolute atomic E-state index is 14.7. The van der Waals surface area contributed by atoms with Crippen molar-refractivity contribution in [1.29, 1.82) is 0 Å². The Hall–Kier alpha value is -3.72. The minimum Gasteiger partial charge on any atom is -0.499 e. The number of rotatable bonds is 5. The lowest BCUT2D eigenvalue weighted by atomic mass is 9.94. The number of allylic oxidation sites excluding steroid dienone is 6. The third-order valence-electron chi connectivity index (χ3n) is 6.48. The monoisotopic (exact) mass is 480 g/mol. The van der Waals surface area contributed by atoms with E-state index in [9.17, 15) is 13.9 Å². The first-order chi connectivity index (χ1) is 17.0. The maximum Gasteiger partial charge on any atom is 0.266 e. The van der Waals surface area contributed by atoms with Crippen molar-refractivity contribution in [3.05, 3.63) is 94.8 Å². The van der Waals surface area contributed by atoms with Gasteiger partial charge in [-0.15, -0.1) is 0 Å². The fourth-order valence-electron chi connectivity index (χ4n) is 4.76. The number of benzene rings is 1. The van der Waals surface area contributed by atoms with Crippen molar-refractivity contribution in [2.24, 2.45) is 5.16 Å². The number of fused-ring (bicyclic) bond motifs is 1. The lowest BCUT2D eigenvalue weighted by Crippen LogP contribution is -2.52. The highest BCUT2D eigenvalue weighted by molar-refractivity contribution is 6.00. The molecule has 5 rings (SSSR count). The quantitative estimate of drug-likeness (QED) is 0.688. The molecular formula is C26H26F2N4O3.